The maximum absolute atomic E-state index is 12.8. The number of Topliss-reactive ketones (excluding diaryl/α,β-unsaturated/α-hetero) is 1. The van der Waals surface area contributed by atoms with Gasteiger partial charge in [-0.25, -0.2) is 0 Å². The smallest absolute Gasteiger partial charge is 0.312 e. The molecule has 0 saturated heterocycles. The number of carbonyl (C=O) groups excluding carboxylic acids is 2. The quantitative estimate of drug-likeness (QED) is 0.394. The number of hydrogen-bond acceptors (Lipinski definition) is 6. The van der Waals surface area contributed by atoms with E-state index in [1.54, 1.807) is 42.7 Å². The number of ether oxygens (including phenoxy) is 2. The van der Waals surface area contributed by atoms with Crippen molar-refractivity contribution in [1.82, 2.24) is 4.98 Å². The van der Waals surface area contributed by atoms with Gasteiger partial charge in [-0.15, -0.1) is 0 Å². The first kappa shape index (κ1) is 15.6. The summed E-state index contributed by atoms with van der Waals surface area (Å²) in [5.74, 6) is 0.687. The first-order chi connectivity index (χ1) is 13.2. The van der Waals surface area contributed by atoms with Crippen molar-refractivity contribution in [1.29, 1.82) is 0 Å². The van der Waals surface area contributed by atoms with Crippen LogP contribution in [0.5, 0.6) is 11.5 Å². The molecule has 1 atom stereocenters. The Labute approximate surface area is 154 Å². The second kappa shape index (κ2) is 5.95. The number of pyridine rings is 1. The fourth-order valence-corrected chi connectivity index (χ4v) is 3.48. The van der Waals surface area contributed by atoms with E-state index < -0.39 is 0 Å². The largest absolute Gasteiger partial charge is 0.465 e. The highest BCUT2D eigenvalue weighted by Crippen LogP contribution is 2.48. The van der Waals surface area contributed by atoms with Crippen molar-refractivity contribution in [3.8, 4) is 11.5 Å². The van der Waals surface area contributed by atoms with Gasteiger partial charge in [-0.2, -0.15) is 0 Å². The molecule has 4 heterocycles. The second-order valence-corrected chi connectivity index (χ2v) is 6.33. The van der Waals surface area contributed by atoms with Crippen molar-refractivity contribution in [3.05, 3.63) is 83.3 Å². The van der Waals surface area contributed by atoms with Crippen molar-refractivity contribution in [2.24, 2.45) is 0 Å². The van der Waals surface area contributed by atoms with Crippen molar-refractivity contribution in [2.75, 3.05) is 0 Å². The minimum Gasteiger partial charge on any atom is -0.465 e. The van der Waals surface area contributed by atoms with Crippen LogP contribution in [0.15, 0.2) is 65.2 Å². The van der Waals surface area contributed by atoms with Gasteiger partial charge < -0.3 is 13.9 Å². The van der Waals surface area contributed by atoms with E-state index in [9.17, 15) is 9.59 Å². The first-order valence-corrected chi connectivity index (χ1v) is 8.46. The lowest BCUT2D eigenvalue weighted by Crippen LogP contribution is -2.21. The molecule has 3 aromatic rings. The molecule has 1 aromatic carbocycles. The molecule has 27 heavy (non-hydrogen) atoms. The maximum Gasteiger partial charge on any atom is 0.312 e. The number of nitrogens with zero attached hydrogens (tertiary/aromatic N) is 1. The molecular formula is C21H13NO5. The molecule has 2 aliphatic heterocycles. The third-order valence-corrected chi connectivity index (χ3v) is 4.68. The highest BCUT2D eigenvalue weighted by atomic mass is 16.5. The minimum atomic E-state index is -0.327. The van der Waals surface area contributed by atoms with Crippen LogP contribution in [0.4, 0.5) is 0 Å². The third-order valence-electron chi connectivity index (χ3n) is 4.68. The van der Waals surface area contributed by atoms with Gasteiger partial charge in [0.2, 0.25) is 5.78 Å². The van der Waals surface area contributed by atoms with Gasteiger partial charge in [0.25, 0.3) is 0 Å². The van der Waals surface area contributed by atoms with Gasteiger partial charge in [0.05, 0.1) is 18.2 Å². The van der Waals surface area contributed by atoms with Crippen LogP contribution in [0.1, 0.15) is 39.6 Å². The summed E-state index contributed by atoms with van der Waals surface area (Å²) in [4.78, 5) is 29.0. The predicted octanol–water partition coefficient (Wildman–Crippen LogP) is 3.73. The molecule has 1 unspecified atom stereocenters. The standard InChI is InChI=1S/C21H13NO5/c23-18-10-15(12-3-1-7-22-11-12)19-16(26-18)6-5-14-20(24)17(27-21(14)19)9-13-4-2-8-25-13/h1-9,11,15H,10H2/b17-9-. The van der Waals surface area contributed by atoms with Gasteiger partial charge in [0.1, 0.15) is 17.3 Å². The number of benzene rings is 1. The molecule has 6 heteroatoms. The summed E-state index contributed by atoms with van der Waals surface area (Å²) in [6.07, 6.45) is 6.62. The van der Waals surface area contributed by atoms with Crippen LogP contribution >= 0.6 is 0 Å². The monoisotopic (exact) mass is 359 g/mol. The Morgan fingerprint density at radius 2 is 2.00 bits per heavy atom. The third kappa shape index (κ3) is 2.54. The average Bonchev–Trinajstić information content (AvgIpc) is 3.30. The zero-order valence-electron chi connectivity index (χ0n) is 14.0. The number of allylic oxidation sites excluding steroid dienone is 1. The SMILES string of the molecule is O=C1CC(c2cccnc2)c2c(ccc3c2O/C(=C\c2ccco2)C3=O)O1. The number of rotatable bonds is 2. The predicted molar refractivity (Wildman–Crippen MR) is 94.4 cm³/mol. The van der Waals surface area contributed by atoms with Gasteiger partial charge in [-0.1, -0.05) is 6.07 Å². The van der Waals surface area contributed by atoms with E-state index in [1.165, 1.54) is 6.26 Å². The van der Waals surface area contributed by atoms with Crippen molar-refractivity contribution in [3.63, 3.8) is 0 Å². The lowest BCUT2D eigenvalue weighted by molar-refractivity contribution is -0.135. The summed E-state index contributed by atoms with van der Waals surface area (Å²) in [5.41, 5.74) is 2.00. The Morgan fingerprint density at radius 1 is 1.07 bits per heavy atom. The molecule has 6 nitrogen and oxygen atoms in total. The topological polar surface area (TPSA) is 78.6 Å². The van der Waals surface area contributed by atoms with E-state index in [0.29, 0.717) is 28.4 Å². The van der Waals surface area contributed by atoms with E-state index in [-0.39, 0.29) is 29.9 Å². The van der Waals surface area contributed by atoms with E-state index in [2.05, 4.69) is 4.98 Å². The average molecular weight is 359 g/mol. The number of hydrogen-bond donors (Lipinski definition) is 0. The second-order valence-electron chi connectivity index (χ2n) is 6.33. The summed E-state index contributed by atoms with van der Waals surface area (Å²) in [6.45, 7) is 0. The van der Waals surface area contributed by atoms with Crippen LogP contribution in [0, 0.1) is 0 Å². The van der Waals surface area contributed by atoms with Crippen molar-refractivity contribution in [2.45, 2.75) is 12.3 Å². The molecule has 0 N–H and O–H groups in total. The van der Waals surface area contributed by atoms with Gasteiger partial charge >= 0.3 is 5.97 Å². The van der Waals surface area contributed by atoms with Crippen LogP contribution in [-0.2, 0) is 4.79 Å². The summed E-state index contributed by atoms with van der Waals surface area (Å²) >= 11 is 0. The van der Waals surface area contributed by atoms with Crippen LogP contribution in [0.2, 0.25) is 0 Å². The van der Waals surface area contributed by atoms with Crippen LogP contribution in [0.3, 0.4) is 0 Å². The molecule has 0 fully saturated rings. The minimum absolute atomic E-state index is 0.157. The molecule has 0 aliphatic carbocycles. The molecule has 0 radical (unpaired) electrons. The maximum atomic E-state index is 12.8. The number of fused-ring (bicyclic) bond motifs is 3. The summed E-state index contributed by atoms with van der Waals surface area (Å²) < 4.78 is 16.6. The van der Waals surface area contributed by atoms with Crippen LogP contribution in [0.25, 0.3) is 6.08 Å². The summed E-state index contributed by atoms with van der Waals surface area (Å²) in [5, 5.41) is 0. The van der Waals surface area contributed by atoms with E-state index in [0.717, 1.165) is 5.56 Å². The van der Waals surface area contributed by atoms with E-state index >= 15 is 0 Å². The van der Waals surface area contributed by atoms with Crippen LogP contribution < -0.4 is 9.47 Å². The normalized spacial score (nSPS) is 19.4. The number of furan rings is 1. The summed E-state index contributed by atoms with van der Waals surface area (Å²) in [7, 11) is 0. The molecule has 0 amide bonds. The number of esters is 1. The molecule has 132 valence electrons. The van der Waals surface area contributed by atoms with Crippen LogP contribution in [-0.4, -0.2) is 16.7 Å². The fourth-order valence-electron chi connectivity index (χ4n) is 3.48. The zero-order chi connectivity index (χ0) is 18.4. The molecule has 0 bridgehead atoms. The molecular weight excluding hydrogens is 346 g/mol. The zero-order valence-corrected chi connectivity index (χ0v) is 14.0. The summed E-state index contributed by atoms with van der Waals surface area (Å²) in [6, 6.07) is 10.5. The highest BCUT2D eigenvalue weighted by molar-refractivity contribution is 6.15. The number of aromatic nitrogens is 1. The number of carbonyl (C=O) groups is 2. The van der Waals surface area contributed by atoms with Crippen molar-refractivity contribution < 1.29 is 23.5 Å². The van der Waals surface area contributed by atoms with Gasteiger partial charge in [-0.05, 0) is 35.9 Å². The Morgan fingerprint density at radius 3 is 2.78 bits per heavy atom. The Kier molecular flexibility index (Phi) is 3.43. The first-order valence-electron chi connectivity index (χ1n) is 8.46. The Bertz CT molecular complexity index is 1080. The van der Waals surface area contributed by atoms with Crippen molar-refractivity contribution >= 4 is 17.8 Å². The lowest BCUT2D eigenvalue weighted by atomic mass is 9.85. The molecule has 2 aromatic heterocycles. The van der Waals surface area contributed by atoms with Gasteiger partial charge in [-0.3, -0.25) is 14.6 Å². The molecule has 0 saturated carbocycles. The number of ketones is 1. The van der Waals surface area contributed by atoms with Gasteiger partial charge in [0, 0.05) is 30.0 Å². The molecule has 5 rings (SSSR count). The fraction of sp³-hybridized carbons (Fsp3) is 0.0952. The Hall–Kier alpha value is -3.67. The van der Waals surface area contributed by atoms with E-state index in [1.807, 2.05) is 12.1 Å². The molecule has 2 aliphatic rings. The lowest BCUT2D eigenvalue weighted by Gasteiger charge is -2.26. The Balaban J connectivity index is 1.65. The van der Waals surface area contributed by atoms with Gasteiger partial charge in [0.15, 0.2) is 5.76 Å². The molecule has 0 spiro atoms. The highest BCUT2D eigenvalue weighted by Gasteiger charge is 2.38. The van der Waals surface area contributed by atoms with E-state index in [4.69, 9.17) is 13.9 Å².